The number of aryl methyl sites for hydroxylation is 1. The summed E-state index contributed by atoms with van der Waals surface area (Å²) in [6.45, 7) is 6.60. The van der Waals surface area contributed by atoms with Crippen LogP contribution in [-0.2, 0) is 0 Å². The van der Waals surface area contributed by atoms with Gasteiger partial charge >= 0.3 is 0 Å². The predicted molar refractivity (Wildman–Crippen MR) is 68.3 cm³/mol. The Kier molecular flexibility index (Phi) is 3.40. The van der Waals surface area contributed by atoms with Crippen LogP contribution in [0.2, 0.25) is 0 Å². The lowest BCUT2D eigenvalue weighted by Crippen LogP contribution is -2.27. The molecule has 94 valence electrons. The second-order valence-corrected chi connectivity index (χ2v) is 5.18. The van der Waals surface area contributed by atoms with Gasteiger partial charge in [-0.1, -0.05) is 13.0 Å². The summed E-state index contributed by atoms with van der Waals surface area (Å²) in [5.41, 5.74) is 3.54. The maximum atomic E-state index is 10.0. The molecule has 0 aliphatic heterocycles. The fourth-order valence-corrected chi connectivity index (χ4v) is 2.84. The highest BCUT2D eigenvalue weighted by Crippen LogP contribution is 2.45. The predicted octanol–water partition coefficient (Wildman–Crippen LogP) is 2.22. The van der Waals surface area contributed by atoms with Gasteiger partial charge in [0.1, 0.15) is 5.75 Å². The maximum Gasteiger partial charge on any atom is 0.120 e. The fraction of sp³-hybridized carbons (Fsp3) is 0.571. The summed E-state index contributed by atoms with van der Waals surface area (Å²) in [4.78, 5) is 0. The van der Waals surface area contributed by atoms with Crippen LogP contribution in [-0.4, -0.2) is 22.9 Å². The van der Waals surface area contributed by atoms with Crippen LogP contribution < -0.4 is 5.32 Å². The van der Waals surface area contributed by atoms with Gasteiger partial charge in [0.25, 0.3) is 0 Å². The summed E-state index contributed by atoms with van der Waals surface area (Å²) in [6.07, 6.45) is 0.627. The van der Waals surface area contributed by atoms with Gasteiger partial charge in [-0.3, -0.25) is 0 Å². The Morgan fingerprint density at radius 3 is 2.76 bits per heavy atom. The van der Waals surface area contributed by atoms with Gasteiger partial charge in [0.2, 0.25) is 0 Å². The molecule has 1 aromatic carbocycles. The highest BCUT2D eigenvalue weighted by atomic mass is 16.3. The zero-order valence-electron chi connectivity index (χ0n) is 10.7. The molecule has 0 saturated carbocycles. The fourth-order valence-electron chi connectivity index (χ4n) is 2.84. The molecule has 3 heteroatoms. The maximum absolute atomic E-state index is 10.0. The molecule has 0 bridgehead atoms. The first kappa shape index (κ1) is 12.4. The quantitative estimate of drug-likeness (QED) is 0.753. The molecule has 1 aliphatic carbocycles. The first-order chi connectivity index (χ1) is 8.00. The minimum absolute atomic E-state index is 0.162. The van der Waals surface area contributed by atoms with Crippen molar-refractivity contribution in [1.29, 1.82) is 0 Å². The number of phenols is 1. The van der Waals surface area contributed by atoms with Crippen LogP contribution in [0.4, 0.5) is 0 Å². The normalized spacial score (nSPS) is 24.7. The van der Waals surface area contributed by atoms with Gasteiger partial charge in [0.15, 0.2) is 0 Å². The van der Waals surface area contributed by atoms with Crippen LogP contribution >= 0.6 is 0 Å². The molecule has 0 amide bonds. The lowest BCUT2D eigenvalue weighted by molar-refractivity contribution is 0.185. The molecular weight excluding hydrogens is 214 g/mol. The van der Waals surface area contributed by atoms with Gasteiger partial charge in [-0.15, -0.1) is 0 Å². The van der Waals surface area contributed by atoms with E-state index in [-0.39, 0.29) is 12.1 Å². The van der Waals surface area contributed by atoms with Crippen molar-refractivity contribution in [2.24, 2.45) is 0 Å². The summed E-state index contributed by atoms with van der Waals surface area (Å²) in [7, 11) is 0. The summed E-state index contributed by atoms with van der Waals surface area (Å²) in [6, 6.07) is 3.90. The standard InChI is InChI=1S/C14H21NO2/c1-8-4-5-12(17)14-11(15-7-10(3)16)6-9(2)13(8)14/h4-5,9-11,15-17H,6-7H2,1-3H3/t9?,10-,11?/m1/s1. The van der Waals surface area contributed by atoms with Crippen molar-refractivity contribution in [2.45, 2.75) is 45.3 Å². The van der Waals surface area contributed by atoms with Crippen molar-refractivity contribution in [3.8, 4) is 5.75 Å². The molecule has 3 atom stereocenters. The molecule has 0 fully saturated rings. The molecule has 1 aliphatic rings. The van der Waals surface area contributed by atoms with E-state index in [4.69, 9.17) is 0 Å². The molecular formula is C14H21NO2. The largest absolute Gasteiger partial charge is 0.508 e. The van der Waals surface area contributed by atoms with Gasteiger partial charge in [-0.05, 0) is 43.4 Å². The molecule has 2 unspecified atom stereocenters. The van der Waals surface area contributed by atoms with Crippen molar-refractivity contribution < 1.29 is 10.2 Å². The zero-order valence-corrected chi connectivity index (χ0v) is 10.7. The summed E-state index contributed by atoms with van der Waals surface area (Å²) < 4.78 is 0. The minimum atomic E-state index is -0.360. The summed E-state index contributed by atoms with van der Waals surface area (Å²) >= 11 is 0. The van der Waals surface area contributed by atoms with Gasteiger partial charge in [0.05, 0.1) is 6.10 Å². The average Bonchev–Trinajstić information content (AvgIpc) is 2.59. The van der Waals surface area contributed by atoms with Gasteiger partial charge in [-0.2, -0.15) is 0 Å². The topological polar surface area (TPSA) is 52.5 Å². The Hall–Kier alpha value is -1.06. The summed E-state index contributed by atoms with van der Waals surface area (Å²) in [5, 5.41) is 22.7. The smallest absolute Gasteiger partial charge is 0.120 e. The lowest BCUT2D eigenvalue weighted by atomic mass is 9.97. The number of benzene rings is 1. The average molecular weight is 235 g/mol. The van der Waals surface area contributed by atoms with Crippen LogP contribution in [0.15, 0.2) is 12.1 Å². The number of phenolic OH excluding ortho intramolecular Hbond substituents is 1. The third kappa shape index (κ3) is 2.31. The first-order valence-electron chi connectivity index (χ1n) is 6.24. The van der Waals surface area contributed by atoms with Crippen molar-refractivity contribution in [3.63, 3.8) is 0 Å². The van der Waals surface area contributed by atoms with Crippen LogP contribution in [0.5, 0.6) is 5.75 Å². The number of fused-ring (bicyclic) bond motifs is 1. The number of nitrogens with one attached hydrogen (secondary N) is 1. The van der Waals surface area contributed by atoms with Crippen LogP contribution in [0.1, 0.15) is 48.9 Å². The van der Waals surface area contributed by atoms with E-state index in [1.54, 1.807) is 13.0 Å². The second kappa shape index (κ2) is 4.67. The minimum Gasteiger partial charge on any atom is -0.508 e. The molecule has 1 aromatic rings. The van der Waals surface area contributed by atoms with Gasteiger partial charge in [-0.25, -0.2) is 0 Å². The monoisotopic (exact) mass is 235 g/mol. The Bertz CT molecular complexity index is 415. The van der Waals surface area contributed by atoms with E-state index >= 15 is 0 Å². The molecule has 3 N–H and O–H groups in total. The van der Waals surface area contributed by atoms with Crippen LogP contribution in [0.25, 0.3) is 0 Å². The molecule has 2 rings (SSSR count). The molecule has 0 saturated heterocycles. The Labute approximate surface area is 102 Å². The Morgan fingerprint density at radius 1 is 1.41 bits per heavy atom. The van der Waals surface area contributed by atoms with E-state index in [0.717, 1.165) is 12.0 Å². The van der Waals surface area contributed by atoms with Gasteiger partial charge in [0, 0.05) is 18.2 Å². The second-order valence-electron chi connectivity index (χ2n) is 5.18. The first-order valence-corrected chi connectivity index (χ1v) is 6.24. The van der Waals surface area contributed by atoms with Crippen LogP contribution in [0, 0.1) is 6.92 Å². The number of hydrogen-bond donors (Lipinski definition) is 3. The third-order valence-corrected chi connectivity index (χ3v) is 3.57. The van der Waals surface area contributed by atoms with E-state index in [0.29, 0.717) is 18.2 Å². The highest BCUT2D eigenvalue weighted by molar-refractivity contribution is 5.50. The lowest BCUT2D eigenvalue weighted by Gasteiger charge is -2.16. The van der Waals surface area contributed by atoms with E-state index in [9.17, 15) is 10.2 Å². The van der Waals surface area contributed by atoms with Crippen molar-refractivity contribution in [2.75, 3.05) is 6.54 Å². The highest BCUT2D eigenvalue weighted by Gasteiger charge is 2.31. The summed E-state index contributed by atoms with van der Waals surface area (Å²) in [5.74, 6) is 0.835. The third-order valence-electron chi connectivity index (χ3n) is 3.57. The molecule has 3 nitrogen and oxygen atoms in total. The Morgan fingerprint density at radius 2 is 2.12 bits per heavy atom. The van der Waals surface area contributed by atoms with E-state index in [2.05, 4.69) is 19.2 Å². The van der Waals surface area contributed by atoms with Crippen molar-refractivity contribution >= 4 is 0 Å². The number of hydrogen-bond acceptors (Lipinski definition) is 3. The molecule has 0 heterocycles. The Balaban J connectivity index is 2.30. The molecule has 0 spiro atoms. The zero-order chi connectivity index (χ0) is 12.6. The van der Waals surface area contributed by atoms with E-state index < -0.39 is 0 Å². The molecule has 0 aromatic heterocycles. The van der Waals surface area contributed by atoms with E-state index in [1.807, 2.05) is 6.07 Å². The molecule has 17 heavy (non-hydrogen) atoms. The van der Waals surface area contributed by atoms with Crippen molar-refractivity contribution in [3.05, 3.63) is 28.8 Å². The molecule has 0 radical (unpaired) electrons. The number of rotatable bonds is 3. The number of aliphatic hydroxyl groups excluding tert-OH is 1. The SMILES string of the molecule is Cc1ccc(O)c2c1C(C)CC2NC[C@@H](C)O. The number of aliphatic hydroxyl groups is 1. The van der Waals surface area contributed by atoms with E-state index in [1.165, 1.54) is 11.1 Å². The van der Waals surface area contributed by atoms with Gasteiger partial charge < -0.3 is 15.5 Å². The van der Waals surface area contributed by atoms with Crippen LogP contribution in [0.3, 0.4) is 0 Å². The number of aromatic hydroxyl groups is 1. The van der Waals surface area contributed by atoms with Crippen molar-refractivity contribution in [1.82, 2.24) is 5.32 Å².